The molecule has 4 heterocycles. The smallest absolute Gasteiger partial charge is 0.293 e. The van der Waals surface area contributed by atoms with Crippen molar-refractivity contribution in [3.8, 4) is 11.1 Å². The van der Waals surface area contributed by atoms with E-state index in [0.29, 0.717) is 38.4 Å². The van der Waals surface area contributed by atoms with Crippen molar-refractivity contribution >= 4 is 55.3 Å². The van der Waals surface area contributed by atoms with Crippen molar-refractivity contribution in [1.82, 2.24) is 40.1 Å². The third-order valence-corrected chi connectivity index (χ3v) is 10.8. The summed E-state index contributed by atoms with van der Waals surface area (Å²) in [5.41, 5.74) is 0.185. The lowest BCUT2D eigenvalue weighted by Gasteiger charge is -2.23. The summed E-state index contributed by atoms with van der Waals surface area (Å²) in [5.74, 6) is -8.86. The van der Waals surface area contributed by atoms with E-state index >= 15 is 8.78 Å². The van der Waals surface area contributed by atoms with E-state index in [1.54, 1.807) is 26.1 Å². The maximum Gasteiger partial charge on any atom is 0.293 e. The molecule has 12 nitrogen and oxygen atoms in total. The number of carbonyl (C=O) groups is 1. The number of hydrogen-bond acceptors (Lipinski definition) is 7. The van der Waals surface area contributed by atoms with E-state index in [9.17, 15) is 30.8 Å². The van der Waals surface area contributed by atoms with Gasteiger partial charge >= 0.3 is 0 Å². The Morgan fingerprint density at radius 3 is 2.48 bits per heavy atom. The number of sulfonamides is 1. The highest BCUT2D eigenvalue weighted by Gasteiger charge is 2.71. The SMILES string of the molecule is C[C@@H]1[C@@H]2c3c(C(F)F)nn(CC(=O)N[C@@H](Cc4cc(F)cc(F)c4)c4nc5cn[nH]c5cc4-c4ccc(Cl)c5c(NS(C)(=O)=O)nn(C)c45)c3C(F)(F)[C@H]12. The van der Waals surface area contributed by atoms with Crippen molar-refractivity contribution in [2.45, 2.75) is 44.2 Å². The highest BCUT2D eigenvalue weighted by atomic mass is 35.5. The molecule has 2 aliphatic carbocycles. The molecule has 6 aromatic rings. The molecular weight excluding hydrogens is 764 g/mol. The number of carbonyl (C=O) groups excluding carboxylic acids is 1. The summed E-state index contributed by atoms with van der Waals surface area (Å²) in [4.78, 5) is 18.6. The van der Waals surface area contributed by atoms with E-state index < -0.39 is 81.6 Å². The minimum absolute atomic E-state index is 0.0715. The van der Waals surface area contributed by atoms with E-state index in [2.05, 4.69) is 30.4 Å². The van der Waals surface area contributed by atoms with Crippen LogP contribution >= 0.6 is 11.6 Å². The predicted octanol–water partition coefficient (Wildman–Crippen LogP) is 6.50. The number of amides is 1. The first-order chi connectivity index (χ1) is 25.4. The maximum absolute atomic E-state index is 15.6. The van der Waals surface area contributed by atoms with Crippen LogP contribution in [0.3, 0.4) is 0 Å². The first-order valence-electron chi connectivity index (χ1n) is 16.4. The second-order valence-corrected chi connectivity index (χ2v) is 15.8. The molecule has 2 aliphatic rings. The van der Waals surface area contributed by atoms with Crippen LogP contribution in [-0.2, 0) is 40.8 Å². The molecule has 4 atom stereocenters. The average molecular weight is 792 g/mol. The highest BCUT2D eigenvalue weighted by molar-refractivity contribution is 7.92. The van der Waals surface area contributed by atoms with Crippen molar-refractivity contribution < 1.29 is 39.6 Å². The lowest BCUT2D eigenvalue weighted by atomic mass is 9.93. The Kier molecular flexibility index (Phi) is 8.26. The summed E-state index contributed by atoms with van der Waals surface area (Å²) in [6, 6.07) is 6.25. The molecule has 3 N–H and O–H groups in total. The van der Waals surface area contributed by atoms with Crippen LogP contribution in [0.4, 0.5) is 32.2 Å². The standard InChI is InChI=1S/C34H28ClF6N9O3S/c1-13-24-26-29(32(38)39)46-50(31(26)34(40,41)27(13)24)12-23(51)43-21(8-14-6-15(36)9-16(37)7-14)28-18(10-20-22(44-28)11-42-45-20)17-4-5-19(35)25-30(17)49(2)47-33(25)48-54(3,52)53/h4-7,9-11,13,21,24,27,32H,8,12H2,1-3H3,(H,42,45)(H,43,51)(H,47,48)/t13-,21+,24-,27-/m1/s1. The first kappa shape index (κ1) is 35.8. The molecule has 54 heavy (non-hydrogen) atoms. The van der Waals surface area contributed by atoms with Crippen LogP contribution in [0.1, 0.15) is 53.5 Å². The number of fused-ring (bicyclic) bond motifs is 5. The number of anilines is 1. The molecule has 1 fully saturated rings. The van der Waals surface area contributed by atoms with Gasteiger partial charge in [-0.2, -0.15) is 24.1 Å². The van der Waals surface area contributed by atoms with E-state index in [-0.39, 0.29) is 39.5 Å². The zero-order chi connectivity index (χ0) is 38.6. The Morgan fingerprint density at radius 1 is 1.07 bits per heavy atom. The van der Waals surface area contributed by atoms with Gasteiger partial charge in [-0.1, -0.05) is 24.6 Å². The number of halogens is 7. The predicted molar refractivity (Wildman–Crippen MR) is 184 cm³/mol. The Labute approximate surface area is 306 Å². The van der Waals surface area contributed by atoms with Crippen molar-refractivity contribution in [3.63, 3.8) is 0 Å². The quantitative estimate of drug-likeness (QED) is 0.134. The molecule has 0 saturated heterocycles. The summed E-state index contributed by atoms with van der Waals surface area (Å²) < 4.78 is 117. The largest absolute Gasteiger partial charge is 0.346 e. The molecule has 20 heteroatoms. The Morgan fingerprint density at radius 2 is 1.80 bits per heavy atom. The third-order valence-electron chi connectivity index (χ3n) is 9.95. The van der Waals surface area contributed by atoms with Gasteiger partial charge in [0.05, 0.1) is 45.6 Å². The number of nitrogens with one attached hydrogen (secondary N) is 3. The van der Waals surface area contributed by atoms with Gasteiger partial charge in [0.25, 0.3) is 12.3 Å². The van der Waals surface area contributed by atoms with Gasteiger partial charge in [0.15, 0.2) is 5.82 Å². The number of alkyl halides is 4. The van der Waals surface area contributed by atoms with Gasteiger partial charge in [-0.3, -0.25) is 24.0 Å². The second-order valence-electron chi connectivity index (χ2n) is 13.6. The summed E-state index contributed by atoms with van der Waals surface area (Å²) in [5, 5.41) is 18.0. The molecule has 0 unspecified atom stereocenters. The van der Waals surface area contributed by atoms with Crippen molar-refractivity contribution in [1.29, 1.82) is 0 Å². The number of nitrogens with zero attached hydrogens (tertiary/aromatic N) is 6. The number of hydrogen-bond donors (Lipinski definition) is 3. The summed E-state index contributed by atoms with van der Waals surface area (Å²) in [6.07, 6.45) is -1.11. The number of aryl methyl sites for hydroxylation is 1. The minimum atomic E-state index is -3.81. The summed E-state index contributed by atoms with van der Waals surface area (Å²) >= 11 is 6.57. The van der Waals surface area contributed by atoms with E-state index in [0.717, 1.165) is 18.4 Å². The molecular formula is C34H28ClF6N9O3S. The van der Waals surface area contributed by atoms with Gasteiger partial charge in [0, 0.05) is 41.6 Å². The fraction of sp³-hybridized carbons (Fsp3) is 0.324. The average Bonchev–Trinajstić information content (AvgIpc) is 3.43. The molecule has 0 aliphatic heterocycles. The van der Waals surface area contributed by atoms with Gasteiger partial charge in [-0.25, -0.2) is 31.0 Å². The topological polar surface area (TPSA) is 152 Å². The molecule has 2 aromatic carbocycles. The number of benzene rings is 2. The molecule has 282 valence electrons. The van der Waals surface area contributed by atoms with Gasteiger partial charge in [0.2, 0.25) is 15.9 Å². The fourth-order valence-electron chi connectivity index (χ4n) is 7.84. The fourth-order valence-corrected chi connectivity index (χ4v) is 8.58. The molecule has 0 spiro atoms. The number of aromatic nitrogens is 7. The Hall–Kier alpha value is -5.17. The van der Waals surface area contributed by atoms with Crippen molar-refractivity contribution in [3.05, 3.63) is 87.5 Å². The number of aromatic amines is 1. The normalized spacial score (nSPS) is 19.4. The maximum atomic E-state index is 15.6. The lowest BCUT2D eigenvalue weighted by Crippen LogP contribution is -2.35. The Bertz CT molecular complexity index is 2620. The van der Waals surface area contributed by atoms with Crippen LogP contribution in [0.5, 0.6) is 0 Å². The zero-order valence-electron chi connectivity index (χ0n) is 28.3. The minimum Gasteiger partial charge on any atom is -0.346 e. The molecule has 4 aromatic heterocycles. The molecule has 0 bridgehead atoms. The van der Waals surface area contributed by atoms with E-state index in [1.165, 1.54) is 16.9 Å². The second kappa shape index (κ2) is 12.4. The van der Waals surface area contributed by atoms with Gasteiger partial charge < -0.3 is 5.32 Å². The van der Waals surface area contributed by atoms with Gasteiger partial charge in [0.1, 0.15) is 35.1 Å². The van der Waals surface area contributed by atoms with Crippen LogP contribution in [0.2, 0.25) is 5.02 Å². The van der Waals surface area contributed by atoms with Crippen LogP contribution in [0.15, 0.2) is 42.6 Å². The van der Waals surface area contributed by atoms with Crippen LogP contribution in [-0.4, -0.2) is 55.3 Å². The van der Waals surface area contributed by atoms with Crippen LogP contribution in [0.25, 0.3) is 33.1 Å². The molecule has 8 rings (SSSR count). The van der Waals surface area contributed by atoms with Crippen LogP contribution in [0, 0.1) is 23.5 Å². The molecule has 1 saturated carbocycles. The van der Waals surface area contributed by atoms with Gasteiger partial charge in [-0.05, 0) is 42.2 Å². The number of rotatable bonds is 10. The molecule has 0 radical (unpaired) electrons. The van der Waals surface area contributed by atoms with E-state index in [4.69, 9.17) is 16.6 Å². The summed E-state index contributed by atoms with van der Waals surface area (Å²) in [6.45, 7) is 0.666. The Balaban J connectivity index is 1.26. The summed E-state index contributed by atoms with van der Waals surface area (Å²) in [7, 11) is -2.26. The zero-order valence-corrected chi connectivity index (χ0v) is 29.9. The van der Waals surface area contributed by atoms with Gasteiger partial charge in [-0.15, -0.1) is 0 Å². The molecule has 1 amide bonds. The number of pyridine rings is 1. The highest BCUT2D eigenvalue weighted by Crippen LogP contribution is 2.71. The number of H-pyrrole nitrogens is 1. The van der Waals surface area contributed by atoms with Crippen molar-refractivity contribution in [2.75, 3.05) is 11.0 Å². The third kappa shape index (κ3) is 5.93. The first-order valence-corrected chi connectivity index (χ1v) is 18.7. The van der Waals surface area contributed by atoms with E-state index in [1.807, 2.05) is 0 Å². The lowest BCUT2D eigenvalue weighted by molar-refractivity contribution is -0.123. The van der Waals surface area contributed by atoms with Crippen LogP contribution < -0.4 is 10.0 Å². The monoisotopic (exact) mass is 791 g/mol. The van der Waals surface area contributed by atoms with Crippen molar-refractivity contribution in [2.24, 2.45) is 18.9 Å².